The number of carbonyl (C=O) groups is 3. The van der Waals surface area contributed by atoms with Crippen LogP contribution in [0.25, 0.3) is 11.2 Å². The predicted octanol–water partition coefficient (Wildman–Crippen LogP) is 7.81. The highest BCUT2D eigenvalue weighted by Crippen LogP contribution is 2.43. The second kappa shape index (κ2) is 20.7. The lowest BCUT2D eigenvalue weighted by Gasteiger charge is -2.25. The van der Waals surface area contributed by atoms with E-state index in [4.69, 9.17) is 25.4 Å². The van der Waals surface area contributed by atoms with Crippen LogP contribution in [0.5, 0.6) is 0 Å². The van der Waals surface area contributed by atoms with E-state index in [1.807, 2.05) is 13.8 Å². The van der Waals surface area contributed by atoms with Gasteiger partial charge >= 0.3 is 24.1 Å². The second-order valence-electron chi connectivity index (χ2n) is 12.8. The summed E-state index contributed by atoms with van der Waals surface area (Å²) in [5, 5.41) is 2.42. The van der Waals surface area contributed by atoms with Gasteiger partial charge in [0.15, 0.2) is 23.1 Å². The van der Waals surface area contributed by atoms with E-state index in [-0.39, 0.29) is 49.0 Å². The van der Waals surface area contributed by atoms with E-state index in [1.54, 1.807) is 4.57 Å². The molecule has 1 fully saturated rings. The lowest BCUT2D eigenvalue weighted by Crippen LogP contribution is -2.32. The molecule has 1 N–H and O–H groups in total. The first-order chi connectivity index (χ1) is 23.7. The Hall–Kier alpha value is -3.79. The molecule has 1 amide bonds. The summed E-state index contributed by atoms with van der Waals surface area (Å²) in [6.45, 7) is 7.59. The third kappa shape index (κ3) is 12.2. The van der Waals surface area contributed by atoms with Gasteiger partial charge in [0.1, 0.15) is 25.0 Å². The van der Waals surface area contributed by atoms with E-state index < -0.39 is 42.0 Å². The molecular formula is C36H54FN5O7. The Morgan fingerprint density at radius 3 is 2.08 bits per heavy atom. The number of aromatic nitrogens is 4. The molecule has 2 aromatic rings. The van der Waals surface area contributed by atoms with E-state index in [9.17, 15) is 18.8 Å². The van der Waals surface area contributed by atoms with Crippen LogP contribution >= 0.6 is 0 Å². The zero-order valence-electron chi connectivity index (χ0n) is 29.6. The third-order valence-corrected chi connectivity index (χ3v) is 9.00. The van der Waals surface area contributed by atoms with Gasteiger partial charge < -0.3 is 18.9 Å². The Bertz CT molecular complexity index is 1360. The highest BCUT2D eigenvalue weighted by Gasteiger charge is 2.45. The average Bonchev–Trinajstić information content (AvgIpc) is 3.66. The molecule has 1 aliphatic rings. The van der Waals surface area contributed by atoms with Gasteiger partial charge in [-0.25, -0.2) is 9.78 Å². The summed E-state index contributed by atoms with van der Waals surface area (Å²) in [4.78, 5) is 49.8. The summed E-state index contributed by atoms with van der Waals surface area (Å²) in [7, 11) is 0. The molecule has 13 heteroatoms. The molecule has 12 nitrogen and oxygen atoms in total. The van der Waals surface area contributed by atoms with Crippen LogP contribution in [-0.2, 0) is 28.5 Å². The van der Waals surface area contributed by atoms with Gasteiger partial charge in [-0.1, -0.05) is 97.8 Å². The van der Waals surface area contributed by atoms with Crippen LogP contribution in [0.4, 0.5) is 15.0 Å². The van der Waals surface area contributed by atoms with Gasteiger partial charge in [0, 0.05) is 18.8 Å². The lowest BCUT2D eigenvalue weighted by molar-refractivity contribution is -0.152. The molecule has 0 radical (unpaired) electrons. The third-order valence-electron chi connectivity index (χ3n) is 9.00. The molecule has 3 rings (SSSR count). The maximum Gasteiger partial charge on any atom is 0.413 e. The molecule has 49 heavy (non-hydrogen) atoms. The number of terminal acetylenes is 1. The van der Waals surface area contributed by atoms with E-state index >= 15 is 0 Å². The molecule has 3 atom stereocenters. The second-order valence-corrected chi connectivity index (χ2v) is 12.8. The van der Waals surface area contributed by atoms with Gasteiger partial charge in [-0.05, 0) is 25.7 Å². The van der Waals surface area contributed by atoms with Crippen LogP contribution in [-0.4, -0.2) is 62.5 Å². The van der Waals surface area contributed by atoms with Gasteiger partial charge in [0.25, 0.3) is 0 Å². The molecule has 272 valence electrons. The number of imidazole rings is 1. The summed E-state index contributed by atoms with van der Waals surface area (Å²) in [6.07, 6.45) is 17.2. The minimum absolute atomic E-state index is 0.0286. The first-order valence-electron chi connectivity index (χ1n) is 18.0. The van der Waals surface area contributed by atoms with Crippen molar-refractivity contribution in [1.29, 1.82) is 0 Å². The Kier molecular flexibility index (Phi) is 16.7. The summed E-state index contributed by atoms with van der Waals surface area (Å²) < 4.78 is 38.7. The van der Waals surface area contributed by atoms with E-state index in [2.05, 4.69) is 40.0 Å². The number of fused-ring (bicyclic) bond motifs is 1. The fourth-order valence-corrected chi connectivity index (χ4v) is 5.98. The summed E-state index contributed by atoms with van der Waals surface area (Å²) in [6, 6.07) is 0. The van der Waals surface area contributed by atoms with Gasteiger partial charge in [-0.3, -0.25) is 19.5 Å². The number of esters is 2. The zero-order chi connectivity index (χ0) is 35.6. The monoisotopic (exact) mass is 687 g/mol. The molecule has 2 aromatic heterocycles. The minimum Gasteiger partial charge on any atom is -0.462 e. The number of rotatable bonds is 22. The molecule has 0 bridgehead atoms. The van der Waals surface area contributed by atoms with E-state index in [1.165, 1.54) is 19.2 Å². The number of hydrogen-bond donors (Lipinski definition) is 1. The first kappa shape index (κ1) is 39.6. The molecule has 0 unspecified atom stereocenters. The van der Waals surface area contributed by atoms with Crippen molar-refractivity contribution in [3.8, 4) is 12.3 Å². The van der Waals surface area contributed by atoms with Crippen molar-refractivity contribution in [2.24, 2.45) is 5.92 Å². The van der Waals surface area contributed by atoms with Gasteiger partial charge in [0.05, 0.1) is 6.33 Å². The fraction of sp³-hybridized carbons (Fsp3) is 0.722. The van der Waals surface area contributed by atoms with Crippen molar-refractivity contribution < 1.29 is 37.7 Å². The maximum absolute atomic E-state index is 14.7. The molecule has 0 aromatic carbocycles. The van der Waals surface area contributed by atoms with Crippen LogP contribution < -0.4 is 5.32 Å². The van der Waals surface area contributed by atoms with E-state index in [0.717, 1.165) is 51.4 Å². The number of halogens is 1. The quantitative estimate of drug-likeness (QED) is 0.0428. The molecule has 0 spiro atoms. The van der Waals surface area contributed by atoms with E-state index in [0.29, 0.717) is 25.7 Å². The lowest BCUT2D eigenvalue weighted by atomic mass is 9.87. The Labute approximate surface area is 289 Å². The van der Waals surface area contributed by atoms with Crippen LogP contribution in [0.1, 0.15) is 137 Å². The van der Waals surface area contributed by atoms with Gasteiger partial charge in [-0.15, -0.1) is 6.42 Å². The highest BCUT2D eigenvalue weighted by atomic mass is 19.1. The number of anilines is 1. The predicted molar refractivity (Wildman–Crippen MR) is 183 cm³/mol. The SMILES string of the molecule is C#C[C@]1(CC)O[C@@H](n2cnc3c(NC(=O)OC(COC(=O)CCCCCCCC)COC(=O)CCCCCCCC)nc(F)nc32)C[C@@H]1C. The van der Waals surface area contributed by atoms with Crippen molar-refractivity contribution in [3.63, 3.8) is 0 Å². The van der Waals surface area contributed by atoms with Gasteiger partial charge in [-0.2, -0.15) is 14.4 Å². The fourth-order valence-electron chi connectivity index (χ4n) is 5.98. The number of nitrogens with zero attached hydrogens (tertiary/aromatic N) is 4. The van der Waals surface area contributed by atoms with Crippen LogP contribution in [0.3, 0.4) is 0 Å². The zero-order valence-corrected chi connectivity index (χ0v) is 29.6. The number of hydrogen-bond acceptors (Lipinski definition) is 10. The summed E-state index contributed by atoms with van der Waals surface area (Å²) in [5.74, 6) is 1.69. The average molecular weight is 688 g/mol. The van der Waals surface area contributed by atoms with Crippen LogP contribution in [0.15, 0.2) is 6.33 Å². The standard InChI is InChI=1S/C36H54FN5O7/c1-6-10-12-14-16-18-20-29(43)46-23-27(24-47-30(44)21-19-17-15-13-11-7-2)48-35(45)40-32-31-33(41-34(37)39-32)42(25-38-31)28-22-26(5)36(8-3,9-4)49-28/h3,25-28H,6-7,9-24H2,1-2,4-5H3,(H,39,40,41,45)/t26-,28+,36+/m0/s1. The van der Waals surface area contributed by atoms with Crippen molar-refractivity contribution >= 4 is 35.0 Å². The van der Waals surface area contributed by atoms with Crippen molar-refractivity contribution in [1.82, 2.24) is 19.5 Å². The molecule has 3 heterocycles. The number of carbonyl (C=O) groups excluding carboxylic acids is 3. The summed E-state index contributed by atoms with van der Waals surface area (Å²) in [5.41, 5.74) is -0.563. The smallest absolute Gasteiger partial charge is 0.413 e. The maximum atomic E-state index is 14.7. The molecule has 0 saturated carbocycles. The Morgan fingerprint density at radius 1 is 0.980 bits per heavy atom. The number of ether oxygens (including phenoxy) is 4. The minimum atomic E-state index is -1.11. The Balaban J connectivity index is 1.63. The number of nitrogens with one attached hydrogen (secondary N) is 1. The number of amides is 1. The molecular weight excluding hydrogens is 633 g/mol. The molecule has 0 aliphatic carbocycles. The van der Waals surface area contributed by atoms with Crippen LogP contribution in [0.2, 0.25) is 0 Å². The first-order valence-corrected chi connectivity index (χ1v) is 18.0. The highest BCUT2D eigenvalue weighted by molar-refractivity contribution is 5.93. The molecule has 1 aliphatic heterocycles. The van der Waals surface area contributed by atoms with Crippen molar-refractivity contribution in [2.45, 2.75) is 148 Å². The largest absolute Gasteiger partial charge is 0.462 e. The summed E-state index contributed by atoms with van der Waals surface area (Å²) >= 11 is 0. The molecule has 1 saturated heterocycles. The topological polar surface area (TPSA) is 144 Å². The van der Waals surface area contributed by atoms with Crippen molar-refractivity contribution in [2.75, 3.05) is 18.5 Å². The number of unbranched alkanes of at least 4 members (excludes halogenated alkanes) is 10. The van der Waals surface area contributed by atoms with Gasteiger partial charge in [0.2, 0.25) is 0 Å². The van der Waals surface area contributed by atoms with Crippen molar-refractivity contribution in [3.05, 3.63) is 12.4 Å². The Morgan fingerprint density at radius 2 is 1.55 bits per heavy atom. The van der Waals surface area contributed by atoms with Crippen LogP contribution in [0, 0.1) is 24.3 Å². The normalized spacial score (nSPS) is 18.8.